The summed E-state index contributed by atoms with van der Waals surface area (Å²) < 4.78 is 19.3. The number of ether oxygens (including phenoxy) is 1. The normalized spacial score (nSPS) is 27.2. The van der Waals surface area contributed by atoms with Crippen LogP contribution in [0.15, 0.2) is 18.2 Å². The van der Waals surface area contributed by atoms with Crippen LogP contribution in [0.5, 0.6) is 0 Å². The Labute approximate surface area is 174 Å². The minimum atomic E-state index is -0.322. The van der Waals surface area contributed by atoms with Gasteiger partial charge in [0.25, 0.3) is 5.91 Å². The van der Waals surface area contributed by atoms with Crippen LogP contribution in [0.25, 0.3) is 10.9 Å². The van der Waals surface area contributed by atoms with Crippen LogP contribution in [0.4, 0.5) is 9.18 Å². The zero-order valence-corrected chi connectivity index (χ0v) is 17.1. The molecule has 3 heterocycles. The molecular formula is C22H27FN4O3. The lowest BCUT2D eigenvalue weighted by molar-refractivity contribution is 0.0630. The van der Waals surface area contributed by atoms with Gasteiger partial charge in [0.15, 0.2) is 0 Å². The van der Waals surface area contributed by atoms with Gasteiger partial charge in [-0.1, -0.05) is 6.07 Å². The average molecular weight is 414 g/mol. The van der Waals surface area contributed by atoms with Crippen molar-refractivity contribution in [3.05, 3.63) is 35.3 Å². The van der Waals surface area contributed by atoms with E-state index in [0.717, 1.165) is 44.3 Å². The van der Waals surface area contributed by atoms with Crippen LogP contribution in [-0.2, 0) is 4.74 Å². The molecule has 2 amide bonds. The summed E-state index contributed by atoms with van der Waals surface area (Å²) in [5.74, 6) is -0.507. The highest BCUT2D eigenvalue weighted by Gasteiger charge is 2.40. The van der Waals surface area contributed by atoms with Gasteiger partial charge in [0, 0.05) is 37.1 Å². The third kappa shape index (κ3) is 3.43. The molecule has 0 radical (unpaired) electrons. The molecule has 2 aliphatic heterocycles. The van der Waals surface area contributed by atoms with Crippen molar-refractivity contribution in [1.29, 1.82) is 0 Å². The van der Waals surface area contributed by atoms with Gasteiger partial charge in [-0.05, 0) is 50.3 Å². The van der Waals surface area contributed by atoms with Gasteiger partial charge in [0.1, 0.15) is 18.1 Å². The molecule has 0 bridgehead atoms. The van der Waals surface area contributed by atoms with Crippen molar-refractivity contribution in [3.63, 3.8) is 0 Å². The smallest absolute Gasteiger partial charge is 0.410 e. The Bertz CT molecular complexity index is 951. The SMILES string of the molecule is Cc1ccc(F)c2cc(C(=O)N[C@@H]3CCC[C@H](N4CCN5C(=O)OCC5C4)C3)[nH]c12. The molecule has 1 aromatic carbocycles. The van der Waals surface area contributed by atoms with Crippen LogP contribution in [0, 0.1) is 12.7 Å². The predicted molar refractivity (Wildman–Crippen MR) is 110 cm³/mol. The molecule has 3 fully saturated rings. The molecule has 160 valence electrons. The molecule has 3 atom stereocenters. The number of carbonyl (C=O) groups excluding carboxylic acids is 2. The number of rotatable bonds is 3. The van der Waals surface area contributed by atoms with E-state index in [9.17, 15) is 14.0 Å². The van der Waals surface area contributed by atoms with Gasteiger partial charge < -0.3 is 15.0 Å². The van der Waals surface area contributed by atoms with E-state index in [1.807, 2.05) is 11.8 Å². The zero-order chi connectivity index (χ0) is 20.8. The van der Waals surface area contributed by atoms with Crippen LogP contribution in [0.1, 0.15) is 41.7 Å². The molecule has 8 heteroatoms. The number of halogens is 1. The van der Waals surface area contributed by atoms with Gasteiger partial charge >= 0.3 is 6.09 Å². The summed E-state index contributed by atoms with van der Waals surface area (Å²) in [5, 5.41) is 3.60. The Hall–Kier alpha value is -2.61. The third-order valence-corrected chi connectivity index (χ3v) is 6.84. The highest BCUT2D eigenvalue weighted by atomic mass is 19.1. The van der Waals surface area contributed by atoms with Gasteiger partial charge in [-0.15, -0.1) is 0 Å². The molecule has 3 aliphatic rings. The first-order chi connectivity index (χ1) is 14.5. The molecule has 2 saturated heterocycles. The van der Waals surface area contributed by atoms with Crippen molar-refractivity contribution < 1.29 is 18.7 Å². The standard InChI is InChI=1S/C22H27FN4O3/c1-13-5-6-18(23)17-10-19(25-20(13)17)21(28)24-14-3-2-4-15(9-14)26-7-8-27-16(11-26)12-30-22(27)29/h5-6,10,14-16,25H,2-4,7-9,11-12H2,1H3,(H,24,28)/t14-,15+,16?/m1/s1. The monoisotopic (exact) mass is 414 g/mol. The maximum absolute atomic E-state index is 14.1. The Morgan fingerprint density at radius 3 is 2.97 bits per heavy atom. The third-order valence-electron chi connectivity index (χ3n) is 6.84. The Kier molecular flexibility index (Phi) is 4.89. The largest absolute Gasteiger partial charge is 0.447 e. The maximum atomic E-state index is 14.1. The van der Waals surface area contributed by atoms with E-state index in [1.165, 1.54) is 6.07 Å². The average Bonchev–Trinajstić information content (AvgIpc) is 3.36. The number of H-pyrrole nitrogens is 1. The zero-order valence-electron chi connectivity index (χ0n) is 17.1. The number of aromatic amines is 1. The number of amides is 2. The fourth-order valence-corrected chi connectivity index (χ4v) is 5.18. The molecule has 0 spiro atoms. The molecule has 1 saturated carbocycles. The van der Waals surface area contributed by atoms with Gasteiger partial charge in [0.2, 0.25) is 0 Å². The van der Waals surface area contributed by atoms with E-state index < -0.39 is 0 Å². The van der Waals surface area contributed by atoms with Crippen molar-refractivity contribution in [3.8, 4) is 0 Å². The number of nitrogens with one attached hydrogen (secondary N) is 2. The van der Waals surface area contributed by atoms with Crippen molar-refractivity contribution in [2.75, 3.05) is 26.2 Å². The summed E-state index contributed by atoms with van der Waals surface area (Å²) in [4.78, 5) is 31.9. The van der Waals surface area contributed by atoms with Crippen molar-refractivity contribution in [1.82, 2.24) is 20.1 Å². The number of piperazine rings is 1. The number of aryl methyl sites for hydroxylation is 1. The van der Waals surface area contributed by atoms with E-state index in [1.54, 1.807) is 12.1 Å². The summed E-state index contributed by atoms with van der Waals surface area (Å²) in [6.07, 6.45) is 3.79. The first-order valence-electron chi connectivity index (χ1n) is 10.8. The van der Waals surface area contributed by atoms with Crippen molar-refractivity contribution in [2.24, 2.45) is 0 Å². The van der Waals surface area contributed by atoms with Gasteiger partial charge in [-0.3, -0.25) is 14.6 Å². The molecule has 1 aromatic heterocycles. The Balaban J connectivity index is 1.23. The molecular weight excluding hydrogens is 387 g/mol. The second-order valence-corrected chi connectivity index (χ2v) is 8.75. The summed E-state index contributed by atoms with van der Waals surface area (Å²) in [7, 11) is 0. The topological polar surface area (TPSA) is 77.7 Å². The van der Waals surface area contributed by atoms with E-state index in [0.29, 0.717) is 35.8 Å². The van der Waals surface area contributed by atoms with E-state index in [4.69, 9.17) is 4.74 Å². The number of aromatic nitrogens is 1. The lowest BCUT2D eigenvalue weighted by Crippen LogP contribution is -2.56. The highest BCUT2D eigenvalue weighted by Crippen LogP contribution is 2.28. The number of cyclic esters (lactones) is 1. The second-order valence-electron chi connectivity index (χ2n) is 8.75. The number of hydrogen-bond acceptors (Lipinski definition) is 4. The number of fused-ring (bicyclic) bond motifs is 2. The number of benzene rings is 1. The summed E-state index contributed by atoms with van der Waals surface area (Å²) >= 11 is 0. The summed E-state index contributed by atoms with van der Waals surface area (Å²) in [6, 6.07) is 5.37. The fraction of sp³-hybridized carbons (Fsp3) is 0.545. The molecule has 2 aromatic rings. The highest BCUT2D eigenvalue weighted by molar-refractivity contribution is 5.99. The van der Waals surface area contributed by atoms with E-state index in [2.05, 4.69) is 15.2 Å². The Morgan fingerprint density at radius 1 is 1.27 bits per heavy atom. The fourth-order valence-electron chi connectivity index (χ4n) is 5.18. The number of nitrogens with zero attached hydrogens (tertiary/aromatic N) is 2. The summed E-state index contributed by atoms with van der Waals surface area (Å²) in [6.45, 7) is 4.75. The predicted octanol–water partition coefficient (Wildman–Crippen LogP) is 2.79. The van der Waals surface area contributed by atoms with Crippen molar-refractivity contribution in [2.45, 2.75) is 50.7 Å². The Morgan fingerprint density at radius 2 is 2.13 bits per heavy atom. The minimum absolute atomic E-state index is 0.0908. The minimum Gasteiger partial charge on any atom is -0.447 e. The van der Waals surface area contributed by atoms with Crippen LogP contribution < -0.4 is 5.32 Å². The molecule has 5 rings (SSSR count). The second kappa shape index (κ2) is 7.58. The first-order valence-corrected chi connectivity index (χ1v) is 10.8. The van der Waals surface area contributed by atoms with Crippen LogP contribution in [0.3, 0.4) is 0 Å². The van der Waals surface area contributed by atoms with Crippen LogP contribution in [0.2, 0.25) is 0 Å². The van der Waals surface area contributed by atoms with Gasteiger partial charge in [-0.2, -0.15) is 0 Å². The molecule has 7 nitrogen and oxygen atoms in total. The number of carbonyl (C=O) groups is 2. The molecule has 1 unspecified atom stereocenters. The van der Waals surface area contributed by atoms with Gasteiger partial charge in [0.05, 0.1) is 11.6 Å². The number of hydrogen-bond donors (Lipinski definition) is 2. The quantitative estimate of drug-likeness (QED) is 0.810. The van der Waals surface area contributed by atoms with Crippen LogP contribution in [-0.4, -0.2) is 71.2 Å². The summed E-state index contributed by atoms with van der Waals surface area (Å²) in [5.41, 5.74) is 1.99. The van der Waals surface area contributed by atoms with Crippen molar-refractivity contribution >= 4 is 22.9 Å². The van der Waals surface area contributed by atoms with Gasteiger partial charge in [-0.25, -0.2) is 9.18 Å². The molecule has 30 heavy (non-hydrogen) atoms. The first kappa shape index (κ1) is 19.4. The van der Waals surface area contributed by atoms with E-state index >= 15 is 0 Å². The maximum Gasteiger partial charge on any atom is 0.410 e. The lowest BCUT2D eigenvalue weighted by atomic mass is 9.89. The lowest BCUT2D eigenvalue weighted by Gasteiger charge is -2.43. The molecule has 1 aliphatic carbocycles. The van der Waals surface area contributed by atoms with Crippen LogP contribution >= 0.6 is 0 Å². The molecule has 2 N–H and O–H groups in total. The van der Waals surface area contributed by atoms with E-state index in [-0.39, 0.29) is 29.9 Å².